The van der Waals surface area contributed by atoms with Gasteiger partial charge in [-0.15, -0.1) is 0 Å². The quantitative estimate of drug-likeness (QED) is 0.0744. The van der Waals surface area contributed by atoms with Crippen molar-refractivity contribution in [1.29, 1.82) is 0 Å². The monoisotopic (exact) mass is 899 g/mol. The van der Waals surface area contributed by atoms with Gasteiger partial charge in [0.1, 0.15) is 29.6 Å². The second-order valence-electron chi connectivity index (χ2n) is 18.4. The number of carbonyl (C=O) groups excluding carboxylic acids is 2. The Balaban J connectivity index is 0.959. The first-order valence-electron chi connectivity index (χ1n) is 22.3. The van der Waals surface area contributed by atoms with Crippen LogP contribution in [0.3, 0.4) is 0 Å². The molecule has 4 aliphatic heterocycles. The molecule has 17 heteroatoms. The van der Waals surface area contributed by atoms with Crippen LogP contribution in [0.4, 0.5) is 23.3 Å². The number of halogens is 2. The van der Waals surface area contributed by atoms with Gasteiger partial charge in [-0.2, -0.15) is 0 Å². The summed E-state index contributed by atoms with van der Waals surface area (Å²) in [5, 5.41) is 20.6. The van der Waals surface area contributed by atoms with E-state index in [4.69, 9.17) is 37.7 Å². The van der Waals surface area contributed by atoms with E-state index >= 15 is 0 Å². The molecule has 0 bridgehead atoms. The number of rotatable bonds is 14. The number of aromatic nitrogens is 5. The molecule has 0 spiro atoms. The van der Waals surface area contributed by atoms with E-state index in [1.54, 1.807) is 18.5 Å². The van der Waals surface area contributed by atoms with Crippen molar-refractivity contribution in [1.82, 2.24) is 35.6 Å². The maximum atomic E-state index is 13.0. The first kappa shape index (κ1) is 45.1. The Labute approximate surface area is 379 Å². The van der Waals surface area contributed by atoms with E-state index in [2.05, 4.69) is 78.7 Å². The normalized spacial score (nSPS) is 24.7. The molecule has 5 atom stereocenters. The van der Waals surface area contributed by atoms with Gasteiger partial charge < -0.3 is 41.4 Å². The zero-order valence-electron chi connectivity index (χ0n) is 36.4. The number of ether oxygens (including phenoxy) is 2. The standard InChI is InChI=1S/C46H59Cl2N11O4/c1-45(2)18-28(7-11-62-45)21-52-40-14-32(34-15-41(53-25-36(34)47)58-44(61)31-6-10-50-24-31)13-33(57-40)20-46(3)19-29(8-12-63-46)22-51-39-17-38(55-27-56-39)35-16-42(54-26-37(35)48)59-43(60)30-5-4-9-49-23-30/h13-17,25-31,49-50H,4-12,18-24H2,1-3H3,(H,52,57)(H,51,55,56)(H,53,58,61)(H,54,59,60). The maximum Gasteiger partial charge on any atom is 0.229 e. The van der Waals surface area contributed by atoms with E-state index in [0.29, 0.717) is 77.3 Å². The summed E-state index contributed by atoms with van der Waals surface area (Å²) in [5.74, 6) is 2.74. The molecule has 6 N–H and O–H groups in total. The highest BCUT2D eigenvalue weighted by molar-refractivity contribution is 6.33. The summed E-state index contributed by atoms with van der Waals surface area (Å²) in [6.45, 7) is 12.3. The van der Waals surface area contributed by atoms with Crippen LogP contribution in [0.5, 0.6) is 0 Å². The highest BCUT2D eigenvalue weighted by Gasteiger charge is 2.35. The predicted molar refractivity (Wildman–Crippen MR) is 247 cm³/mol. The van der Waals surface area contributed by atoms with Crippen LogP contribution in [0, 0.1) is 23.7 Å². The molecule has 4 aromatic heterocycles. The Kier molecular flexibility index (Phi) is 14.4. The van der Waals surface area contributed by atoms with Crippen molar-refractivity contribution < 1.29 is 19.1 Å². The predicted octanol–water partition coefficient (Wildman–Crippen LogP) is 7.25. The number of pyridine rings is 3. The van der Waals surface area contributed by atoms with Crippen LogP contribution in [0.2, 0.25) is 10.0 Å². The maximum absolute atomic E-state index is 13.0. The lowest BCUT2D eigenvalue weighted by atomic mass is 9.83. The highest BCUT2D eigenvalue weighted by atomic mass is 35.5. The summed E-state index contributed by atoms with van der Waals surface area (Å²) >= 11 is 13.5. The van der Waals surface area contributed by atoms with Crippen molar-refractivity contribution in [3.05, 3.63) is 64.8 Å². The van der Waals surface area contributed by atoms with Crippen LogP contribution in [0.25, 0.3) is 22.4 Å². The fourth-order valence-electron chi connectivity index (χ4n) is 9.32. The summed E-state index contributed by atoms with van der Waals surface area (Å²) in [7, 11) is 0. The summed E-state index contributed by atoms with van der Waals surface area (Å²) < 4.78 is 12.5. The number of carbonyl (C=O) groups is 2. The Morgan fingerprint density at radius 1 is 0.714 bits per heavy atom. The van der Waals surface area contributed by atoms with E-state index in [9.17, 15) is 9.59 Å². The van der Waals surface area contributed by atoms with Gasteiger partial charge in [-0.3, -0.25) is 9.59 Å². The Bertz CT molecular complexity index is 2250. The van der Waals surface area contributed by atoms with Crippen molar-refractivity contribution >= 4 is 58.3 Å². The molecule has 0 saturated carbocycles. The summed E-state index contributed by atoms with van der Waals surface area (Å²) in [5.41, 5.74) is 3.13. The van der Waals surface area contributed by atoms with Crippen molar-refractivity contribution in [3.8, 4) is 22.4 Å². The van der Waals surface area contributed by atoms with Gasteiger partial charge in [0.2, 0.25) is 11.8 Å². The molecule has 5 unspecified atom stereocenters. The van der Waals surface area contributed by atoms with Gasteiger partial charge in [0.25, 0.3) is 0 Å². The molecule has 0 aromatic carbocycles. The zero-order chi connectivity index (χ0) is 44.0. The molecule has 8 rings (SSSR count). The van der Waals surface area contributed by atoms with E-state index in [1.165, 1.54) is 6.33 Å². The average molecular weight is 901 g/mol. The molecule has 4 saturated heterocycles. The molecular formula is C46H59Cl2N11O4. The van der Waals surface area contributed by atoms with Crippen LogP contribution < -0.4 is 31.9 Å². The second-order valence-corrected chi connectivity index (χ2v) is 19.2. The van der Waals surface area contributed by atoms with Gasteiger partial charge in [-0.25, -0.2) is 24.9 Å². The number of nitrogens with zero attached hydrogens (tertiary/aromatic N) is 5. The van der Waals surface area contributed by atoms with Crippen molar-refractivity contribution in [2.75, 3.05) is 73.7 Å². The summed E-state index contributed by atoms with van der Waals surface area (Å²) in [6, 6.07) is 9.58. The Hall–Kier alpha value is -4.51. The van der Waals surface area contributed by atoms with E-state index in [1.807, 2.05) is 18.2 Å². The van der Waals surface area contributed by atoms with E-state index in [-0.39, 0.29) is 35.2 Å². The van der Waals surface area contributed by atoms with Crippen LogP contribution in [0.15, 0.2) is 49.1 Å². The molecule has 4 aliphatic rings. The first-order valence-corrected chi connectivity index (χ1v) is 23.1. The number of hydrogen-bond acceptors (Lipinski definition) is 13. The van der Waals surface area contributed by atoms with E-state index < -0.39 is 5.60 Å². The van der Waals surface area contributed by atoms with Gasteiger partial charge in [-0.1, -0.05) is 23.2 Å². The molecule has 4 fully saturated rings. The smallest absolute Gasteiger partial charge is 0.229 e. The molecular weight excluding hydrogens is 841 g/mol. The Morgan fingerprint density at radius 2 is 1.37 bits per heavy atom. The van der Waals surface area contributed by atoms with Gasteiger partial charge in [0.05, 0.1) is 38.8 Å². The van der Waals surface area contributed by atoms with E-state index in [0.717, 1.165) is 93.8 Å². The van der Waals surface area contributed by atoms with Crippen LogP contribution in [-0.4, -0.2) is 100 Å². The molecule has 63 heavy (non-hydrogen) atoms. The van der Waals surface area contributed by atoms with Gasteiger partial charge in [-0.05, 0) is 120 Å². The SMILES string of the molecule is CC1(C)CC(CNc2cc(-c3cc(NC(=O)C4CCNC4)ncc3Cl)cc(CC3(C)CC(CNc4cc(-c5cc(NC(=O)C6CCCNC6)ncc5Cl)ncn4)CCO3)n2)CCO1. The van der Waals surface area contributed by atoms with Crippen LogP contribution in [0.1, 0.15) is 71.4 Å². The van der Waals surface area contributed by atoms with Gasteiger partial charge >= 0.3 is 0 Å². The lowest BCUT2D eigenvalue weighted by molar-refractivity contribution is -0.120. The lowest BCUT2D eigenvalue weighted by Crippen LogP contribution is -2.41. The molecule has 15 nitrogen and oxygen atoms in total. The summed E-state index contributed by atoms with van der Waals surface area (Å²) in [4.78, 5) is 48.9. The molecule has 2 amide bonds. The molecule has 8 heterocycles. The third-order valence-electron chi connectivity index (χ3n) is 12.6. The fraction of sp³-hybridized carbons (Fsp3) is 0.543. The zero-order valence-corrected chi connectivity index (χ0v) is 37.9. The number of piperidine rings is 1. The topological polar surface area (TPSA) is 189 Å². The number of amides is 2. The average Bonchev–Trinajstić information content (AvgIpc) is 3.82. The molecule has 0 radical (unpaired) electrons. The minimum Gasteiger partial charge on any atom is -0.376 e. The number of anilines is 4. The highest BCUT2D eigenvalue weighted by Crippen LogP contribution is 2.37. The largest absolute Gasteiger partial charge is 0.376 e. The third kappa shape index (κ3) is 12.0. The van der Waals surface area contributed by atoms with Gasteiger partial charge in [0.15, 0.2) is 0 Å². The van der Waals surface area contributed by atoms with Crippen molar-refractivity contribution in [3.63, 3.8) is 0 Å². The number of nitrogens with one attached hydrogen (secondary N) is 6. The minimum atomic E-state index is -0.495. The second kappa shape index (κ2) is 20.1. The van der Waals surface area contributed by atoms with Crippen molar-refractivity contribution in [2.45, 2.75) is 83.3 Å². The first-order chi connectivity index (χ1) is 30.4. The minimum absolute atomic E-state index is 0.0500. The lowest BCUT2D eigenvalue weighted by Gasteiger charge is -2.38. The van der Waals surface area contributed by atoms with Gasteiger partial charge in [0, 0.05) is 81.1 Å². The van der Waals surface area contributed by atoms with Crippen molar-refractivity contribution in [2.24, 2.45) is 23.7 Å². The molecule has 336 valence electrons. The van der Waals surface area contributed by atoms with Crippen LogP contribution in [-0.2, 0) is 25.5 Å². The van der Waals surface area contributed by atoms with Crippen LogP contribution >= 0.6 is 23.2 Å². The number of hydrogen-bond donors (Lipinski definition) is 6. The Morgan fingerprint density at radius 3 is 2.05 bits per heavy atom. The molecule has 0 aliphatic carbocycles. The molecule has 4 aromatic rings. The summed E-state index contributed by atoms with van der Waals surface area (Å²) in [6.07, 6.45) is 11.4. The third-order valence-corrected chi connectivity index (χ3v) is 13.2. The fourth-order valence-corrected chi connectivity index (χ4v) is 9.73.